The molecule has 1 amide bonds. The molecule has 0 radical (unpaired) electrons. The molecule has 1 fully saturated rings. The Labute approximate surface area is 492 Å². The number of ether oxygens (including phenoxy) is 3. The summed E-state index contributed by atoms with van der Waals surface area (Å²) in [6.07, 6.45) is 7.57. The van der Waals surface area contributed by atoms with E-state index in [2.05, 4.69) is 24.7 Å². The smallest absolute Gasteiger partial charge is 0.264 e. The molecule has 1 saturated heterocycles. The lowest BCUT2D eigenvalue weighted by molar-refractivity contribution is -0.131. The number of aliphatic hydroxyl groups is 1. The number of carbonyl (C=O) groups is 1. The number of piperidine rings is 1. The van der Waals surface area contributed by atoms with Crippen LogP contribution in [0.15, 0.2) is 75.6 Å². The van der Waals surface area contributed by atoms with Gasteiger partial charge in [-0.2, -0.15) is 21.3 Å². The van der Waals surface area contributed by atoms with Crippen LogP contribution in [0, 0.1) is 47.5 Å². The molecular formula is C53H84ClN7O16S5. The number of hydrogen-bond donors (Lipinski definition) is 1. The molecule has 29 heteroatoms. The van der Waals surface area contributed by atoms with Gasteiger partial charge in [-0.15, -0.1) is 0 Å². The van der Waals surface area contributed by atoms with Crippen LogP contribution in [0.2, 0.25) is 0 Å². The monoisotopic (exact) mass is 1270 g/mol. The summed E-state index contributed by atoms with van der Waals surface area (Å²) < 4.78 is 141. The third-order valence-corrected chi connectivity index (χ3v) is 20.0. The Bertz CT molecular complexity index is 3240. The summed E-state index contributed by atoms with van der Waals surface area (Å²) in [6.45, 7) is 13.6. The van der Waals surface area contributed by atoms with Crippen LogP contribution in [0.25, 0.3) is 0 Å². The minimum atomic E-state index is -3.74. The number of rotatable bonds is 23. The van der Waals surface area contributed by atoms with Crippen LogP contribution < -0.4 is 19.1 Å². The molecule has 0 bridgehead atoms. The standard InChI is InChI=1S/C27H41N5O4S.C13H21NO6S2.C12H19NO4S.CH3ClO2S/c1-21-17-25(36-6)18-22(2)27(21)37(34,35)31(5)16-15-29(3)20-26(33)30(4)19-23-9-13-32(14-10-23)24-7-11-28-12-8-24;1-10-8-12(19-4)9-11(2)13(10)22(17,18)14(3)6-7-20-21(5,15)16;1-9-7-11(17-4)8-10(2)12(9)18(15,16)13(3)5-6-14;1-5(2,3)4/h7-8,11-12,17-18,23H,9-10,13-16,19-20H2,1-6H3;8-9H,6-7H2,1-5H3;7-8,14H,5-6H2,1-4H3;1H3. The third-order valence-electron chi connectivity index (χ3n) is 12.9. The van der Waals surface area contributed by atoms with Crippen molar-refractivity contribution in [2.75, 3.05) is 140 Å². The Hall–Kier alpha value is -4.72. The highest BCUT2D eigenvalue weighted by Gasteiger charge is 2.29. The van der Waals surface area contributed by atoms with Crippen molar-refractivity contribution in [3.05, 3.63) is 94.3 Å². The van der Waals surface area contributed by atoms with Gasteiger partial charge in [-0.1, -0.05) is 0 Å². The lowest BCUT2D eigenvalue weighted by Gasteiger charge is -2.35. The van der Waals surface area contributed by atoms with Gasteiger partial charge in [0.15, 0.2) is 0 Å². The van der Waals surface area contributed by atoms with E-state index in [4.69, 9.17) is 19.3 Å². The number of amides is 1. The van der Waals surface area contributed by atoms with Crippen LogP contribution in [-0.4, -0.2) is 215 Å². The highest BCUT2D eigenvalue weighted by molar-refractivity contribution is 8.13. The van der Waals surface area contributed by atoms with Crippen LogP contribution in [0.3, 0.4) is 0 Å². The van der Waals surface area contributed by atoms with Crippen LogP contribution in [0.4, 0.5) is 5.69 Å². The van der Waals surface area contributed by atoms with Gasteiger partial charge in [-0.05, 0) is 149 Å². The number of sulfonamides is 3. The van der Waals surface area contributed by atoms with Gasteiger partial charge in [0.2, 0.25) is 45.0 Å². The molecule has 0 saturated carbocycles. The Morgan fingerprint density at radius 3 is 1.27 bits per heavy atom. The molecule has 0 aliphatic carbocycles. The lowest BCUT2D eigenvalue weighted by atomic mass is 9.96. The number of aromatic nitrogens is 1. The van der Waals surface area contributed by atoms with Crippen molar-refractivity contribution in [3.63, 3.8) is 0 Å². The van der Waals surface area contributed by atoms with Gasteiger partial charge in [-0.25, -0.2) is 33.7 Å². The molecule has 5 rings (SSSR count). The zero-order valence-electron chi connectivity index (χ0n) is 50.0. The molecule has 82 heavy (non-hydrogen) atoms. The topological polar surface area (TPSA) is 277 Å². The number of pyridine rings is 1. The maximum Gasteiger partial charge on any atom is 0.264 e. The van der Waals surface area contributed by atoms with Crippen molar-refractivity contribution in [1.82, 2.24) is 27.7 Å². The predicted octanol–water partition coefficient (Wildman–Crippen LogP) is 4.65. The van der Waals surface area contributed by atoms with E-state index in [1.54, 1.807) is 99.2 Å². The molecule has 1 N–H and O–H groups in total. The Kier molecular flexibility index (Phi) is 29.1. The molecule has 1 aliphatic rings. The number of aryl methyl sites for hydroxylation is 6. The number of anilines is 1. The molecular weight excluding hydrogens is 1190 g/mol. The molecule has 1 aliphatic heterocycles. The highest BCUT2D eigenvalue weighted by atomic mass is 35.7. The van der Waals surface area contributed by atoms with Crippen molar-refractivity contribution in [3.8, 4) is 17.2 Å². The zero-order chi connectivity index (χ0) is 62.7. The maximum absolute atomic E-state index is 13.2. The molecule has 0 atom stereocenters. The first-order valence-electron chi connectivity index (χ1n) is 25.6. The molecule has 2 heterocycles. The Morgan fingerprint density at radius 1 is 0.598 bits per heavy atom. The van der Waals surface area contributed by atoms with E-state index >= 15 is 0 Å². The van der Waals surface area contributed by atoms with Gasteiger partial charge in [-0.3, -0.25) is 18.9 Å². The average molecular weight is 1270 g/mol. The Balaban J connectivity index is 0.000000433. The number of halogens is 1. The molecule has 464 valence electrons. The fourth-order valence-corrected chi connectivity index (χ4v) is 13.8. The van der Waals surface area contributed by atoms with Gasteiger partial charge in [0.05, 0.1) is 68.3 Å². The summed E-state index contributed by atoms with van der Waals surface area (Å²) >= 11 is 0. The van der Waals surface area contributed by atoms with Gasteiger partial charge < -0.3 is 29.1 Å². The van der Waals surface area contributed by atoms with Crippen molar-refractivity contribution in [2.45, 2.75) is 69.1 Å². The van der Waals surface area contributed by atoms with E-state index < -0.39 is 49.2 Å². The molecule has 0 spiro atoms. The molecule has 3 aromatic carbocycles. The first-order chi connectivity index (χ1) is 37.8. The second kappa shape index (κ2) is 32.5. The zero-order valence-corrected chi connectivity index (χ0v) is 54.8. The van der Waals surface area contributed by atoms with Gasteiger partial charge >= 0.3 is 0 Å². The number of methoxy groups -OCH3 is 3. The second-order valence-corrected chi connectivity index (χ2v) is 30.5. The number of benzene rings is 3. The molecule has 4 aromatic rings. The summed E-state index contributed by atoms with van der Waals surface area (Å²) in [4.78, 5) is 23.8. The first-order valence-corrected chi connectivity index (χ1v) is 34.5. The first kappa shape index (κ1) is 73.4. The Morgan fingerprint density at radius 2 is 0.939 bits per heavy atom. The van der Waals surface area contributed by atoms with Crippen LogP contribution in [-0.2, 0) is 58.2 Å². The SMILES string of the molecule is COc1cc(C)c(S(=O)(=O)N(C)CCN(C)CC(=O)N(C)CC2CCN(c3ccncc3)CC2)c(C)c1.COc1cc(C)c(S(=O)(=O)N(C)CCO)c(C)c1.COc1cc(C)c(S(=O)(=O)N(C)CCOS(C)(=O)=O)c(C)c1.CS(=O)(=O)Cl. The van der Waals surface area contributed by atoms with E-state index in [1.807, 2.05) is 48.4 Å². The van der Waals surface area contributed by atoms with Gasteiger partial charge in [0.1, 0.15) is 17.2 Å². The van der Waals surface area contributed by atoms with Gasteiger partial charge in [0.25, 0.3) is 10.1 Å². The normalized spacial score (nSPS) is 13.4. The average Bonchev–Trinajstić information content (AvgIpc) is 3.37. The summed E-state index contributed by atoms with van der Waals surface area (Å²) in [5.74, 6) is 2.38. The largest absolute Gasteiger partial charge is 0.497 e. The van der Waals surface area contributed by atoms with E-state index in [0.29, 0.717) is 68.0 Å². The van der Waals surface area contributed by atoms with Gasteiger partial charge in [0, 0.05) is 103 Å². The third kappa shape index (κ3) is 23.0. The van der Waals surface area contributed by atoms with E-state index in [0.717, 1.165) is 53.6 Å². The lowest BCUT2D eigenvalue weighted by Crippen LogP contribution is -2.43. The second-order valence-electron chi connectivity index (χ2n) is 19.8. The summed E-state index contributed by atoms with van der Waals surface area (Å²) in [5.41, 5.74) is 4.90. The fourth-order valence-electron chi connectivity index (χ4n) is 8.75. The molecule has 1 aromatic heterocycles. The van der Waals surface area contributed by atoms with E-state index in [9.17, 15) is 46.9 Å². The molecule has 23 nitrogen and oxygen atoms in total. The van der Waals surface area contributed by atoms with Crippen molar-refractivity contribution in [2.24, 2.45) is 5.92 Å². The number of nitrogens with zero attached hydrogens (tertiary/aromatic N) is 7. The fraction of sp³-hybridized carbons (Fsp3) is 0.547. The van der Waals surface area contributed by atoms with Crippen molar-refractivity contribution in [1.29, 1.82) is 0 Å². The minimum absolute atomic E-state index is 0.0476. The quantitative estimate of drug-likeness (QED) is 0.0781. The maximum atomic E-state index is 13.2. The van der Waals surface area contributed by atoms with E-state index in [-0.39, 0.29) is 55.1 Å². The predicted molar refractivity (Wildman–Crippen MR) is 320 cm³/mol. The number of likely N-dealkylation sites (N-methyl/N-ethyl adjacent to an activating group) is 5. The van der Waals surface area contributed by atoms with E-state index in [1.165, 1.54) is 31.2 Å². The van der Waals surface area contributed by atoms with Crippen LogP contribution >= 0.6 is 10.7 Å². The van der Waals surface area contributed by atoms with Crippen molar-refractivity contribution < 1.29 is 70.4 Å². The summed E-state index contributed by atoms with van der Waals surface area (Å²) in [5, 5.41) is 8.84. The summed E-state index contributed by atoms with van der Waals surface area (Å²) in [7, 11) is -0.515. The number of aliphatic hydroxyl groups excluding tert-OH is 1. The minimum Gasteiger partial charge on any atom is -0.497 e. The summed E-state index contributed by atoms with van der Waals surface area (Å²) in [6, 6.07) is 14.2. The highest BCUT2D eigenvalue weighted by Crippen LogP contribution is 2.31. The van der Waals surface area contributed by atoms with Crippen LogP contribution in [0.5, 0.6) is 17.2 Å². The molecule has 0 unspecified atom stereocenters. The van der Waals surface area contributed by atoms with Crippen LogP contribution in [0.1, 0.15) is 46.2 Å². The van der Waals surface area contributed by atoms with Crippen molar-refractivity contribution >= 4 is 71.5 Å². The number of carbonyl (C=O) groups excluding carboxylic acids is 1. The number of hydrogen-bond acceptors (Lipinski definition) is 19.